The Bertz CT molecular complexity index is 964. The van der Waals surface area contributed by atoms with Crippen molar-refractivity contribution >= 4 is 24.9 Å². The number of halogens is 1. The van der Waals surface area contributed by atoms with Crippen LogP contribution in [0.5, 0.6) is 0 Å². The first kappa shape index (κ1) is 23.0. The first-order valence-electron chi connectivity index (χ1n) is 10.0. The Morgan fingerprint density at radius 1 is 1.33 bits per heavy atom. The molecule has 0 spiro atoms. The molecule has 7 nitrogen and oxygen atoms in total. The maximum atomic E-state index is 13.1. The van der Waals surface area contributed by atoms with Crippen LogP contribution in [0.3, 0.4) is 0 Å². The Kier molecular flexibility index (Phi) is 6.47. The van der Waals surface area contributed by atoms with Crippen molar-refractivity contribution in [1.82, 2.24) is 10.1 Å². The van der Waals surface area contributed by atoms with Crippen LogP contribution in [-0.2, 0) is 30.5 Å². The molecular weight excluding hydrogens is 427 g/mol. The summed E-state index contributed by atoms with van der Waals surface area (Å²) in [5.74, 6) is 0.144. The van der Waals surface area contributed by atoms with E-state index in [0.29, 0.717) is 10.8 Å². The highest BCUT2D eigenvalue weighted by atomic mass is 35.5. The van der Waals surface area contributed by atoms with Crippen LogP contribution in [0.25, 0.3) is 0 Å². The fraction of sp³-hybridized carbons (Fsp3) is 0.571. The minimum atomic E-state index is -3.32. The third kappa shape index (κ3) is 4.96. The molecule has 164 valence electrons. The van der Waals surface area contributed by atoms with Gasteiger partial charge in [-0.25, -0.2) is 0 Å². The highest BCUT2D eigenvalue weighted by Crippen LogP contribution is 2.54. The zero-order valence-corrected chi connectivity index (χ0v) is 19.6. The lowest BCUT2D eigenvalue weighted by Crippen LogP contribution is -2.33. The first-order chi connectivity index (χ1) is 14.0. The maximum Gasteiger partial charge on any atom is 0.319 e. The smallest absolute Gasteiger partial charge is 0.319 e. The van der Waals surface area contributed by atoms with Gasteiger partial charge >= 0.3 is 5.97 Å². The SMILES string of the molecule is CCOP(C)(=O)C(Cc1nc(C2(c3ccccc3Cl)CC2)no1)C(=O)OC(C)(C)C. The molecular formula is C21H28ClN2O5P. The number of nitrogens with zero attached hydrogens (tertiary/aromatic N) is 2. The molecule has 2 unspecified atom stereocenters. The third-order valence-electron chi connectivity index (χ3n) is 5.03. The van der Waals surface area contributed by atoms with Gasteiger partial charge < -0.3 is 13.8 Å². The van der Waals surface area contributed by atoms with E-state index in [0.717, 1.165) is 18.4 Å². The minimum absolute atomic E-state index is 0.0196. The number of esters is 1. The Labute approximate surface area is 181 Å². The van der Waals surface area contributed by atoms with Crippen molar-refractivity contribution in [1.29, 1.82) is 0 Å². The predicted octanol–water partition coefficient (Wildman–Crippen LogP) is 5.00. The first-order valence-corrected chi connectivity index (χ1v) is 12.5. The van der Waals surface area contributed by atoms with Gasteiger partial charge in [0.25, 0.3) is 0 Å². The lowest BCUT2D eigenvalue weighted by Gasteiger charge is -2.26. The van der Waals surface area contributed by atoms with Crippen molar-refractivity contribution in [3.8, 4) is 0 Å². The van der Waals surface area contributed by atoms with Crippen molar-refractivity contribution in [3.63, 3.8) is 0 Å². The van der Waals surface area contributed by atoms with E-state index in [4.69, 9.17) is 25.4 Å². The molecule has 1 saturated carbocycles. The Balaban J connectivity index is 1.86. The minimum Gasteiger partial charge on any atom is -0.459 e. The number of hydrogen-bond donors (Lipinski definition) is 0. The van der Waals surface area contributed by atoms with Gasteiger partial charge in [0, 0.05) is 18.1 Å². The van der Waals surface area contributed by atoms with Crippen LogP contribution in [0.15, 0.2) is 28.8 Å². The van der Waals surface area contributed by atoms with Crippen LogP contribution < -0.4 is 0 Å². The standard InChI is InChI=1S/C21H28ClN2O5P/c1-6-27-30(5,26)16(18(25)28-20(2,3)4)13-17-23-19(24-29-17)21(11-12-21)14-9-7-8-10-15(14)22/h7-10,16H,6,11-13H2,1-5H3. The van der Waals surface area contributed by atoms with Gasteiger partial charge in [-0.15, -0.1) is 0 Å². The fourth-order valence-corrected chi connectivity index (χ4v) is 5.37. The molecule has 0 N–H and O–H groups in total. The molecule has 1 aromatic carbocycles. The number of benzene rings is 1. The molecule has 0 amide bonds. The van der Waals surface area contributed by atoms with Crippen LogP contribution in [0, 0.1) is 0 Å². The van der Waals surface area contributed by atoms with Crippen LogP contribution >= 0.6 is 19.0 Å². The number of carbonyl (C=O) groups excluding carboxylic acids is 1. The molecule has 2 atom stereocenters. The quantitative estimate of drug-likeness (QED) is 0.409. The number of aromatic nitrogens is 2. The van der Waals surface area contributed by atoms with E-state index < -0.39 is 24.6 Å². The molecule has 1 fully saturated rings. The summed E-state index contributed by atoms with van der Waals surface area (Å²) < 4.78 is 29.4. The molecule has 0 aliphatic heterocycles. The van der Waals surface area contributed by atoms with Crippen LogP contribution in [0.1, 0.15) is 57.8 Å². The second-order valence-electron chi connectivity index (χ2n) is 8.65. The molecule has 30 heavy (non-hydrogen) atoms. The largest absolute Gasteiger partial charge is 0.459 e. The Morgan fingerprint density at radius 3 is 2.57 bits per heavy atom. The van der Waals surface area contributed by atoms with Gasteiger partial charge in [-0.3, -0.25) is 9.36 Å². The number of rotatable bonds is 8. The molecule has 1 aliphatic carbocycles. The summed E-state index contributed by atoms with van der Waals surface area (Å²) in [6.07, 6.45) is 1.70. The van der Waals surface area contributed by atoms with Crippen LogP contribution in [0.4, 0.5) is 0 Å². The third-order valence-corrected chi connectivity index (χ3v) is 7.66. The van der Waals surface area contributed by atoms with E-state index in [2.05, 4.69) is 10.1 Å². The van der Waals surface area contributed by atoms with Gasteiger partial charge in [-0.1, -0.05) is 35.0 Å². The van der Waals surface area contributed by atoms with E-state index in [1.807, 2.05) is 24.3 Å². The lowest BCUT2D eigenvalue weighted by atomic mass is 9.95. The Hall–Kier alpha value is -1.69. The van der Waals surface area contributed by atoms with Crippen molar-refractivity contribution in [3.05, 3.63) is 46.6 Å². The number of ether oxygens (including phenoxy) is 1. The zero-order valence-electron chi connectivity index (χ0n) is 18.0. The second kappa shape index (κ2) is 8.45. The topological polar surface area (TPSA) is 91.5 Å². The molecule has 0 saturated heterocycles. The van der Waals surface area contributed by atoms with Crippen molar-refractivity contribution < 1.29 is 23.1 Å². The summed E-state index contributed by atoms with van der Waals surface area (Å²) in [5.41, 5.74) is -1.17. The average Bonchev–Trinajstić information content (AvgIpc) is 3.29. The van der Waals surface area contributed by atoms with Gasteiger partial charge in [-0.2, -0.15) is 4.98 Å². The van der Waals surface area contributed by atoms with Gasteiger partial charge in [0.1, 0.15) is 11.3 Å². The van der Waals surface area contributed by atoms with Crippen molar-refractivity contribution in [2.75, 3.05) is 13.3 Å². The van der Waals surface area contributed by atoms with E-state index in [-0.39, 0.29) is 24.3 Å². The van der Waals surface area contributed by atoms with E-state index in [1.54, 1.807) is 27.7 Å². The van der Waals surface area contributed by atoms with E-state index in [9.17, 15) is 9.36 Å². The lowest BCUT2D eigenvalue weighted by molar-refractivity contribution is -0.154. The summed E-state index contributed by atoms with van der Waals surface area (Å²) in [7, 11) is -3.32. The molecule has 2 aromatic rings. The normalized spacial score (nSPS) is 18.5. The van der Waals surface area contributed by atoms with E-state index >= 15 is 0 Å². The maximum absolute atomic E-state index is 13.1. The molecule has 3 rings (SSSR count). The summed E-state index contributed by atoms with van der Waals surface area (Å²) in [4.78, 5) is 17.3. The van der Waals surface area contributed by atoms with Gasteiger partial charge in [0.15, 0.2) is 5.82 Å². The van der Waals surface area contributed by atoms with Gasteiger partial charge in [0.05, 0.1) is 12.0 Å². The monoisotopic (exact) mass is 454 g/mol. The van der Waals surface area contributed by atoms with Crippen LogP contribution in [-0.4, -0.2) is 40.6 Å². The summed E-state index contributed by atoms with van der Waals surface area (Å²) in [6, 6.07) is 7.61. The van der Waals surface area contributed by atoms with E-state index in [1.165, 1.54) is 6.66 Å². The summed E-state index contributed by atoms with van der Waals surface area (Å²) in [5, 5.41) is 4.81. The highest BCUT2D eigenvalue weighted by Gasteiger charge is 2.51. The van der Waals surface area contributed by atoms with Crippen LogP contribution in [0.2, 0.25) is 5.02 Å². The molecule has 1 aromatic heterocycles. The average molecular weight is 455 g/mol. The Morgan fingerprint density at radius 2 is 2.00 bits per heavy atom. The number of carbonyl (C=O) groups is 1. The molecule has 0 radical (unpaired) electrons. The number of hydrogen-bond acceptors (Lipinski definition) is 7. The summed E-state index contributed by atoms with van der Waals surface area (Å²) in [6.45, 7) is 8.66. The summed E-state index contributed by atoms with van der Waals surface area (Å²) >= 11 is 6.39. The van der Waals surface area contributed by atoms with Crippen molar-refractivity contribution in [2.45, 2.75) is 63.6 Å². The zero-order chi connectivity index (χ0) is 22.2. The molecule has 9 heteroatoms. The fourth-order valence-electron chi connectivity index (χ4n) is 3.44. The highest BCUT2D eigenvalue weighted by molar-refractivity contribution is 7.60. The molecule has 1 aliphatic rings. The second-order valence-corrected chi connectivity index (χ2v) is 11.8. The molecule has 1 heterocycles. The van der Waals surface area contributed by atoms with Gasteiger partial charge in [-0.05, 0) is 52.2 Å². The molecule has 0 bridgehead atoms. The van der Waals surface area contributed by atoms with Gasteiger partial charge in [0.2, 0.25) is 13.3 Å². The predicted molar refractivity (Wildman–Crippen MR) is 114 cm³/mol. The van der Waals surface area contributed by atoms with Crippen molar-refractivity contribution in [2.24, 2.45) is 0 Å².